The molecule has 14 nitrogen and oxygen atoms in total. The molecule has 0 radical (unpaired) electrons. The van der Waals surface area contributed by atoms with Crippen LogP contribution in [-0.2, 0) is 28.4 Å². The molecule has 41 heavy (non-hydrogen) atoms. The van der Waals surface area contributed by atoms with Gasteiger partial charge in [-0.3, -0.25) is 13.9 Å². The van der Waals surface area contributed by atoms with Crippen LogP contribution in [0.5, 0.6) is 0 Å². The molecule has 0 aromatic carbocycles. The minimum absolute atomic E-state index is 0.107. The topological polar surface area (TPSA) is 193 Å². The Hall–Kier alpha value is -3.00. The fraction of sp³-hybridized carbons (Fsp3) is 0.680. The smallest absolute Gasteiger partial charge is 0.352 e. The molecule has 1 fully saturated rings. The van der Waals surface area contributed by atoms with Crippen molar-refractivity contribution in [1.29, 1.82) is 0 Å². The average Bonchev–Trinajstić information content (AvgIpc) is 3.49. The molecule has 228 valence electrons. The van der Waals surface area contributed by atoms with Crippen LogP contribution in [0.2, 0.25) is 0 Å². The number of carbonyl (C=O) groups is 2. The van der Waals surface area contributed by atoms with Crippen molar-refractivity contribution in [2.24, 2.45) is 4.76 Å². The van der Waals surface area contributed by atoms with Gasteiger partial charge in [0.2, 0.25) is 0 Å². The van der Waals surface area contributed by atoms with Crippen molar-refractivity contribution < 1.29 is 37.9 Å². The Morgan fingerprint density at radius 3 is 2.61 bits per heavy atom. The highest BCUT2D eigenvalue weighted by molar-refractivity contribution is 7.60. The van der Waals surface area contributed by atoms with Crippen LogP contribution in [0.4, 0.5) is 10.2 Å². The minimum atomic E-state index is -3.88. The van der Waals surface area contributed by atoms with Crippen LogP contribution in [0.3, 0.4) is 0 Å². The second kappa shape index (κ2) is 14.8. The SMILES string of the molecule is CCCCOC(=O)C(C)=NP(=O)(CC[C@H]1O[C@@H](n2cnc3c(N)ncnc32)[C@@H](F)[C@@H]1O)N[C@@H](C)C(=O)OCCCC. The number of hydrogen-bond acceptors (Lipinski definition) is 11. The molecule has 0 amide bonds. The summed E-state index contributed by atoms with van der Waals surface area (Å²) in [5.74, 6) is -1.27. The summed E-state index contributed by atoms with van der Waals surface area (Å²) < 4.78 is 50.9. The van der Waals surface area contributed by atoms with Crippen LogP contribution in [0.1, 0.15) is 66.0 Å². The molecule has 3 heterocycles. The van der Waals surface area contributed by atoms with E-state index in [1.54, 1.807) is 0 Å². The number of anilines is 1. The number of alkyl halides is 1. The number of nitrogen functional groups attached to an aromatic ring is 1. The lowest BCUT2D eigenvalue weighted by molar-refractivity contribution is -0.145. The quantitative estimate of drug-likeness (QED) is 0.117. The first-order chi connectivity index (χ1) is 19.5. The van der Waals surface area contributed by atoms with Crippen LogP contribution < -0.4 is 10.8 Å². The number of unbranched alkanes of at least 4 members (excludes halogenated alkanes) is 2. The number of imidazole rings is 1. The van der Waals surface area contributed by atoms with E-state index in [1.807, 2.05) is 13.8 Å². The highest BCUT2D eigenvalue weighted by Gasteiger charge is 2.46. The van der Waals surface area contributed by atoms with Gasteiger partial charge in [0.05, 0.1) is 25.6 Å². The summed E-state index contributed by atoms with van der Waals surface area (Å²) in [7, 11) is -3.88. The van der Waals surface area contributed by atoms with E-state index in [0.29, 0.717) is 12.8 Å². The van der Waals surface area contributed by atoms with E-state index in [9.17, 15) is 19.3 Å². The monoisotopic (exact) mass is 599 g/mol. The van der Waals surface area contributed by atoms with Gasteiger partial charge >= 0.3 is 11.9 Å². The molecular weight excluding hydrogens is 560 g/mol. The molecule has 1 aliphatic heterocycles. The van der Waals surface area contributed by atoms with Crippen LogP contribution in [0.15, 0.2) is 17.4 Å². The second-order valence-electron chi connectivity index (χ2n) is 9.84. The van der Waals surface area contributed by atoms with Gasteiger partial charge in [-0.05, 0) is 33.1 Å². The number of nitrogens with zero attached hydrogens (tertiary/aromatic N) is 5. The van der Waals surface area contributed by atoms with Crippen molar-refractivity contribution in [1.82, 2.24) is 24.6 Å². The maximum atomic E-state index is 15.2. The molecule has 0 saturated carbocycles. The summed E-state index contributed by atoms with van der Waals surface area (Å²) in [6, 6.07) is -1.02. The predicted molar refractivity (Wildman–Crippen MR) is 149 cm³/mol. The number of fused-ring (bicyclic) bond motifs is 1. The molecule has 1 unspecified atom stereocenters. The molecule has 2 aromatic rings. The number of carbonyl (C=O) groups excluding carboxylic acids is 2. The van der Waals surface area contributed by atoms with E-state index >= 15 is 4.39 Å². The predicted octanol–water partition coefficient (Wildman–Crippen LogP) is 2.71. The molecule has 1 saturated heterocycles. The Balaban J connectivity index is 1.77. The number of halogens is 1. The standard InChI is InChI=1S/C25H39FN7O7P/c1-5-7-10-38-24(35)15(3)31-41(37,32-16(4)25(36)39-11-8-6-2)12-9-17-20(34)18(26)23(40-17)33-14-30-19-21(27)28-13-29-22(19)33/h13-15,17-18,20,23,34H,5-12H2,1-4H3,(H,31,37)(H2,27,28,29)/t15-,17+,18-,20+,23+,41?/m0/s1. The molecule has 0 aliphatic carbocycles. The third-order valence-electron chi connectivity index (χ3n) is 6.50. The zero-order valence-electron chi connectivity index (χ0n) is 23.7. The largest absolute Gasteiger partial charge is 0.465 e. The number of nitrogens with two attached hydrogens (primary N) is 1. The maximum Gasteiger partial charge on any atom is 0.352 e. The molecule has 2 aromatic heterocycles. The van der Waals surface area contributed by atoms with Gasteiger partial charge in [0.1, 0.15) is 29.7 Å². The summed E-state index contributed by atoms with van der Waals surface area (Å²) in [5.41, 5.74) is 6.14. The Morgan fingerprint density at radius 2 is 1.93 bits per heavy atom. The number of rotatable bonds is 15. The van der Waals surface area contributed by atoms with Gasteiger partial charge in [-0.15, -0.1) is 0 Å². The van der Waals surface area contributed by atoms with Crippen LogP contribution in [-0.4, -0.2) is 86.1 Å². The summed E-state index contributed by atoms with van der Waals surface area (Å²) in [4.78, 5) is 36.9. The Kier molecular flexibility index (Phi) is 11.7. The summed E-state index contributed by atoms with van der Waals surface area (Å²) >= 11 is 0. The first kappa shape index (κ1) is 32.5. The van der Waals surface area contributed by atoms with Crippen molar-refractivity contribution >= 4 is 42.1 Å². The normalized spacial score (nSPS) is 23.3. The first-order valence-corrected chi connectivity index (χ1v) is 15.5. The molecule has 4 N–H and O–H groups in total. The van der Waals surface area contributed by atoms with Crippen molar-refractivity contribution in [2.45, 2.75) is 90.4 Å². The number of ether oxygens (including phenoxy) is 3. The highest BCUT2D eigenvalue weighted by atomic mass is 31.2. The van der Waals surface area contributed by atoms with Gasteiger partial charge in [0, 0.05) is 6.16 Å². The van der Waals surface area contributed by atoms with Gasteiger partial charge in [0.25, 0.3) is 7.44 Å². The summed E-state index contributed by atoms with van der Waals surface area (Å²) in [6.45, 7) is 7.11. The van der Waals surface area contributed by atoms with Crippen molar-refractivity contribution in [3.05, 3.63) is 12.7 Å². The molecule has 1 aliphatic rings. The lowest BCUT2D eigenvalue weighted by Gasteiger charge is -2.22. The zero-order valence-corrected chi connectivity index (χ0v) is 24.6. The fourth-order valence-electron chi connectivity index (χ4n) is 4.16. The van der Waals surface area contributed by atoms with Crippen molar-refractivity contribution in [2.75, 3.05) is 25.1 Å². The lowest BCUT2D eigenvalue weighted by atomic mass is 10.1. The van der Waals surface area contributed by atoms with Gasteiger partial charge in [-0.2, -0.15) is 0 Å². The lowest BCUT2D eigenvalue weighted by Crippen LogP contribution is -2.35. The van der Waals surface area contributed by atoms with Crippen molar-refractivity contribution in [3.63, 3.8) is 0 Å². The molecular formula is C25H39FN7O7P. The molecule has 3 rings (SSSR count). The molecule has 0 bridgehead atoms. The molecule has 0 spiro atoms. The first-order valence-electron chi connectivity index (χ1n) is 13.7. The number of hydrogen-bond donors (Lipinski definition) is 3. The van der Waals surface area contributed by atoms with Gasteiger partial charge in [0.15, 0.2) is 23.9 Å². The van der Waals surface area contributed by atoms with Crippen molar-refractivity contribution in [3.8, 4) is 0 Å². The van der Waals surface area contributed by atoms with E-state index in [-0.39, 0.29) is 48.5 Å². The fourth-order valence-corrected chi connectivity index (χ4v) is 6.33. The Labute approximate surface area is 237 Å². The Bertz CT molecular complexity index is 1280. The minimum Gasteiger partial charge on any atom is -0.465 e. The van der Waals surface area contributed by atoms with Gasteiger partial charge < -0.3 is 25.1 Å². The second-order valence-corrected chi connectivity index (χ2v) is 12.2. The number of aliphatic hydroxyl groups is 1. The van der Waals surface area contributed by atoms with Crippen LogP contribution >= 0.6 is 7.44 Å². The number of nitrogens with one attached hydrogen (secondary N) is 1. The van der Waals surface area contributed by atoms with E-state index in [0.717, 1.165) is 12.8 Å². The molecule has 6 atom stereocenters. The van der Waals surface area contributed by atoms with E-state index < -0.39 is 50.0 Å². The van der Waals surface area contributed by atoms with Crippen LogP contribution in [0.25, 0.3) is 11.2 Å². The van der Waals surface area contributed by atoms with E-state index in [2.05, 4.69) is 24.8 Å². The van der Waals surface area contributed by atoms with Gasteiger partial charge in [-0.1, -0.05) is 26.7 Å². The number of esters is 2. The summed E-state index contributed by atoms with van der Waals surface area (Å²) in [6.07, 6.45) is -0.748. The number of aromatic nitrogens is 4. The van der Waals surface area contributed by atoms with E-state index in [1.165, 1.54) is 31.1 Å². The van der Waals surface area contributed by atoms with Crippen LogP contribution in [0, 0.1) is 0 Å². The Morgan fingerprint density at radius 1 is 1.24 bits per heavy atom. The van der Waals surface area contributed by atoms with E-state index in [4.69, 9.17) is 19.9 Å². The molecule has 16 heteroatoms. The highest BCUT2D eigenvalue weighted by Crippen LogP contribution is 2.46. The van der Waals surface area contributed by atoms with Gasteiger partial charge in [-0.25, -0.2) is 34.0 Å². The maximum absolute atomic E-state index is 15.2. The third kappa shape index (κ3) is 8.28. The zero-order chi connectivity index (χ0) is 30.2. The summed E-state index contributed by atoms with van der Waals surface area (Å²) in [5, 5.41) is 13.3. The average molecular weight is 600 g/mol. The third-order valence-corrected chi connectivity index (χ3v) is 8.78. The number of aliphatic hydroxyl groups excluding tert-OH is 1.